The van der Waals surface area contributed by atoms with Crippen molar-refractivity contribution < 1.29 is 4.79 Å². The van der Waals surface area contributed by atoms with Crippen molar-refractivity contribution in [1.29, 1.82) is 0 Å². The highest BCUT2D eigenvalue weighted by atomic mass is 16.1. The van der Waals surface area contributed by atoms with Gasteiger partial charge in [0.1, 0.15) is 0 Å². The lowest BCUT2D eigenvalue weighted by molar-refractivity contribution is 0.235. The molecule has 1 amide bonds. The summed E-state index contributed by atoms with van der Waals surface area (Å²) in [5.41, 5.74) is 0.0756. The second-order valence-electron chi connectivity index (χ2n) is 4.51. The molecular formula is C10H20BNO. The molecule has 1 saturated carbocycles. The van der Waals surface area contributed by atoms with E-state index in [0.29, 0.717) is 0 Å². The van der Waals surface area contributed by atoms with Gasteiger partial charge in [0.05, 0.1) is 0 Å². The first kappa shape index (κ1) is 10.6. The minimum Gasteiger partial charge on any atom is -0.360 e. The summed E-state index contributed by atoms with van der Waals surface area (Å²) in [6.45, 7) is 2.18. The van der Waals surface area contributed by atoms with Crippen LogP contribution in [0.4, 0.5) is 4.79 Å². The maximum Gasteiger partial charge on any atom is 0.215 e. The van der Waals surface area contributed by atoms with Gasteiger partial charge in [0, 0.05) is 5.54 Å². The van der Waals surface area contributed by atoms with Crippen LogP contribution in [0.1, 0.15) is 51.9 Å². The zero-order valence-electron chi connectivity index (χ0n) is 8.86. The third kappa shape index (κ3) is 3.84. The average Bonchev–Trinajstić information content (AvgIpc) is 1.97. The Hall–Kier alpha value is -0.465. The van der Waals surface area contributed by atoms with Crippen molar-refractivity contribution in [2.45, 2.75) is 57.4 Å². The fourth-order valence-electron chi connectivity index (χ4n) is 2.24. The fraction of sp³-hybridized carbons (Fsp3) is 0.900. The van der Waals surface area contributed by atoms with Crippen molar-refractivity contribution in [2.24, 2.45) is 0 Å². The molecule has 0 aromatic rings. The number of hydrogen-bond donors (Lipinski definition) is 1. The van der Waals surface area contributed by atoms with E-state index in [9.17, 15) is 4.79 Å². The summed E-state index contributed by atoms with van der Waals surface area (Å²) in [5.74, 6) is 0.114. The molecule has 0 unspecified atom stereocenters. The third-order valence-corrected chi connectivity index (χ3v) is 2.93. The second kappa shape index (κ2) is 4.68. The van der Waals surface area contributed by atoms with Crippen LogP contribution in [0.25, 0.3) is 0 Å². The molecule has 1 rings (SSSR count). The molecule has 0 saturated heterocycles. The lowest BCUT2D eigenvalue weighted by Crippen LogP contribution is -2.45. The molecule has 0 spiro atoms. The quantitative estimate of drug-likeness (QED) is 0.614. The predicted molar refractivity (Wildman–Crippen MR) is 57.8 cm³/mol. The molecule has 1 N–H and O–H groups in total. The predicted octanol–water partition coefficient (Wildman–Crippen LogP) is 1.83. The summed E-state index contributed by atoms with van der Waals surface area (Å²) in [7, 11) is 1.62. The minimum atomic E-state index is 0.0756. The van der Waals surface area contributed by atoms with Gasteiger partial charge < -0.3 is 5.32 Å². The molecule has 2 nitrogen and oxygen atoms in total. The molecule has 3 heteroatoms. The molecule has 1 aliphatic rings. The van der Waals surface area contributed by atoms with Crippen molar-refractivity contribution in [3.05, 3.63) is 0 Å². The van der Waals surface area contributed by atoms with Crippen LogP contribution in [0.2, 0.25) is 0 Å². The van der Waals surface area contributed by atoms with Crippen molar-refractivity contribution in [1.82, 2.24) is 5.32 Å². The summed E-state index contributed by atoms with van der Waals surface area (Å²) in [4.78, 5) is 11.0. The topological polar surface area (TPSA) is 29.1 Å². The molecule has 0 aromatic carbocycles. The van der Waals surface area contributed by atoms with E-state index in [1.807, 2.05) is 0 Å². The van der Waals surface area contributed by atoms with Crippen LogP contribution in [-0.2, 0) is 0 Å². The van der Waals surface area contributed by atoms with E-state index in [-0.39, 0.29) is 11.3 Å². The SMILES string of the molecule is BC(=O)NC1(C)CCCCCCC1. The largest absolute Gasteiger partial charge is 0.360 e. The van der Waals surface area contributed by atoms with Gasteiger partial charge in [-0.05, 0) is 19.8 Å². The molecule has 0 aromatic heterocycles. The van der Waals surface area contributed by atoms with Gasteiger partial charge in [0.2, 0.25) is 7.85 Å². The number of amides is 1. The Labute approximate surface area is 81.9 Å². The first-order chi connectivity index (χ1) is 6.12. The van der Waals surface area contributed by atoms with Crippen LogP contribution in [0.15, 0.2) is 0 Å². The number of nitrogens with one attached hydrogen (secondary N) is 1. The molecule has 0 bridgehead atoms. The number of rotatable bonds is 1. The van der Waals surface area contributed by atoms with Gasteiger partial charge in [-0.3, -0.25) is 4.79 Å². The Morgan fingerprint density at radius 2 is 1.62 bits per heavy atom. The zero-order valence-corrected chi connectivity index (χ0v) is 8.86. The summed E-state index contributed by atoms with van der Waals surface area (Å²) in [6, 6.07) is 0. The van der Waals surface area contributed by atoms with Gasteiger partial charge in [-0.25, -0.2) is 0 Å². The molecule has 1 fully saturated rings. The number of carbonyl (C=O) groups is 1. The summed E-state index contributed by atoms with van der Waals surface area (Å²) < 4.78 is 0. The average molecular weight is 181 g/mol. The molecule has 0 atom stereocenters. The summed E-state index contributed by atoms with van der Waals surface area (Å²) in [5, 5.41) is 3.09. The second-order valence-corrected chi connectivity index (χ2v) is 4.51. The molecule has 0 heterocycles. The van der Waals surface area contributed by atoms with Gasteiger partial charge in [-0.2, -0.15) is 0 Å². The normalized spacial score (nSPS) is 22.8. The van der Waals surface area contributed by atoms with Crippen molar-refractivity contribution in [3.63, 3.8) is 0 Å². The van der Waals surface area contributed by atoms with Crippen LogP contribution < -0.4 is 5.32 Å². The number of hydrogen-bond acceptors (Lipinski definition) is 1. The Bertz CT molecular complexity index is 174. The summed E-state index contributed by atoms with van der Waals surface area (Å²) in [6.07, 6.45) is 8.84. The monoisotopic (exact) mass is 181 g/mol. The molecule has 13 heavy (non-hydrogen) atoms. The Kier molecular flexibility index (Phi) is 3.82. The zero-order chi connectivity index (χ0) is 9.73. The summed E-state index contributed by atoms with van der Waals surface area (Å²) >= 11 is 0. The lowest BCUT2D eigenvalue weighted by atomic mass is 9.85. The van der Waals surface area contributed by atoms with Gasteiger partial charge in [0.25, 0.3) is 0 Å². The van der Waals surface area contributed by atoms with Crippen LogP contribution in [0.3, 0.4) is 0 Å². The van der Waals surface area contributed by atoms with Gasteiger partial charge >= 0.3 is 0 Å². The fourth-order valence-corrected chi connectivity index (χ4v) is 2.24. The Balaban J connectivity index is 2.46. The third-order valence-electron chi connectivity index (χ3n) is 2.93. The Morgan fingerprint density at radius 1 is 1.15 bits per heavy atom. The van der Waals surface area contributed by atoms with Crippen molar-refractivity contribution in [2.75, 3.05) is 0 Å². The van der Waals surface area contributed by atoms with Crippen LogP contribution in [0.5, 0.6) is 0 Å². The van der Waals surface area contributed by atoms with Gasteiger partial charge in [-0.15, -0.1) is 0 Å². The molecular weight excluding hydrogens is 161 g/mol. The molecule has 74 valence electrons. The van der Waals surface area contributed by atoms with Crippen LogP contribution in [-0.4, -0.2) is 19.2 Å². The van der Waals surface area contributed by atoms with Gasteiger partial charge in [-0.1, -0.05) is 32.1 Å². The van der Waals surface area contributed by atoms with Crippen LogP contribution >= 0.6 is 0 Å². The highest BCUT2D eigenvalue weighted by Crippen LogP contribution is 2.25. The van der Waals surface area contributed by atoms with E-state index in [1.54, 1.807) is 7.85 Å². The minimum absolute atomic E-state index is 0.0756. The van der Waals surface area contributed by atoms with E-state index in [1.165, 1.54) is 32.1 Å². The first-order valence-corrected chi connectivity index (χ1v) is 5.41. The van der Waals surface area contributed by atoms with E-state index in [2.05, 4.69) is 12.2 Å². The van der Waals surface area contributed by atoms with Gasteiger partial charge in [0.15, 0.2) is 5.81 Å². The highest BCUT2D eigenvalue weighted by molar-refractivity contribution is 6.57. The molecule has 0 aliphatic heterocycles. The maximum atomic E-state index is 11.0. The van der Waals surface area contributed by atoms with E-state index in [0.717, 1.165) is 12.8 Å². The maximum absolute atomic E-state index is 11.0. The van der Waals surface area contributed by atoms with E-state index in [4.69, 9.17) is 0 Å². The molecule has 0 radical (unpaired) electrons. The van der Waals surface area contributed by atoms with Crippen molar-refractivity contribution >= 4 is 13.7 Å². The smallest absolute Gasteiger partial charge is 0.215 e. The van der Waals surface area contributed by atoms with E-state index >= 15 is 0 Å². The highest BCUT2D eigenvalue weighted by Gasteiger charge is 2.24. The van der Waals surface area contributed by atoms with E-state index < -0.39 is 0 Å². The van der Waals surface area contributed by atoms with Crippen LogP contribution in [0, 0.1) is 0 Å². The first-order valence-electron chi connectivity index (χ1n) is 5.41. The molecule has 1 aliphatic carbocycles. The number of carbonyl (C=O) groups excluding carboxylic acids is 1. The lowest BCUT2D eigenvalue weighted by Gasteiger charge is -2.32. The standard InChI is InChI=1S/C10H20BNO/c1-10(12-9(11)13)7-5-3-2-4-6-8-10/h2-8,11H2,1H3,(H,12,13). The Morgan fingerprint density at radius 3 is 2.08 bits per heavy atom. The van der Waals surface area contributed by atoms with Crippen molar-refractivity contribution in [3.8, 4) is 0 Å².